The van der Waals surface area contributed by atoms with Crippen molar-refractivity contribution >= 4 is 19.2 Å². The van der Waals surface area contributed by atoms with Crippen LogP contribution >= 0.6 is 0 Å². The fourth-order valence-corrected chi connectivity index (χ4v) is 3.55. The van der Waals surface area contributed by atoms with Gasteiger partial charge in [0.25, 0.3) is 0 Å². The highest BCUT2D eigenvalue weighted by Crippen LogP contribution is 2.47. The molecule has 1 fully saturated rings. The maximum Gasteiger partial charge on any atom is 0.492 e. The van der Waals surface area contributed by atoms with E-state index in [2.05, 4.69) is 0 Å². The van der Waals surface area contributed by atoms with Crippen LogP contribution in [0.3, 0.4) is 0 Å². The van der Waals surface area contributed by atoms with Crippen LogP contribution in [0.15, 0.2) is 11.2 Å². The molecule has 8 heteroatoms. The van der Waals surface area contributed by atoms with Gasteiger partial charge in [-0.15, -0.1) is 0 Å². The predicted molar refractivity (Wildman–Crippen MR) is 107 cm³/mol. The standard InChI is InChI=1S/C20H34BNO6/c1-12(2)14-13(21-27-18(6,7)19(8,9)28-21)11-20(10,15(23)24)22(14)16(25)26-17(3,4)5/h12H,11H2,1-10H3,(H,23,24). The van der Waals surface area contributed by atoms with Crippen LogP contribution in [0.2, 0.25) is 0 Å². The van der Waals surface area contributed by atoms with E-state index in [1.807, 2.05) is 41.5 Å². The summed E-state index contributed by atoms with van der Waals surface area (Å²) >= 11 is 0. The van der Waals surface area contributed by atoms with Crippen LogP contribution in [-0.2, 0) is 18.8 Å². The van der Waals surface area contributed by atoms with Gasteiger partial charge >= 0.3 is 19.2 Å². The highest BCUT2D eigenvalue weighted by Gasteiger charge is 2.59. The van der Waals surface area contributed by atoms with Crippen molar-refractivity contribution < 1.29 is 28.7 Å². The molecule has 1 amide bonds. The molecule has 2 heterocycles. The molecule has 0 saturated carbocycles. The summed E-state index contributed by atoms with van der Waals surface area (Å²) in [7, 11) is -0.714. The average molecular weight is 395 g/mol. The molecule has 0 aromatic rings. The fraction of sp³-hybridized carbons (Fsp3) is 0.800. The minimum atomic E-state index is -1.47. The Morgan fingerprint density at radius 3 is 1.93 bits per heavy atom. The van der Waals surface area contributed by atoms with E-state index in [1.54, 1.807) is 27.7 Å². The highest BCUT2D eigenvalue weighted by molar-refractivity contribution is 6.55. The van der Waals surface area contributed by atoms with Gasteiger partial charge in [-0.1, -0.05) is 13.8 Å². The lowest BCUT2D eigenvalue weighted by Gasteiger charge is -2.36. The van der Waals surface area contributed by atoms with Crippen LogP contribution in [-0.4, -0.2) is 51.5 Å². The number of carbonyl (C=O) groups is 2. The number of hydrogen-bond acceptors (Lipinski definition) is 5. The summed E-state index contributed by atoms with van der Waals surface area (Å²) in [6, 6.07) is 0. The van der Waals surface area contributed by atoms with E-state index in [1.165, 1.54) is 4.90 Å². The SMILES string of the molecule is CC(C)C1=C(B2OC(C)(C)C(C)(C)O2)CC(C)(C(=O)O)N1C(=O)OC(C)(C)C. The molecular weight excluding hydrogens is 361 g/mol. The zero-order valence-corrected chi connectivity index (χ0v) is 18.8. The second-order valence-corrected chi connectivity index (χ2v) is 10.2. The summed E-state index contributed by atoms with van der Waals surface area (Å²) in [6.45, 7) is 18.4. The monoisotopic (exact) mass is 395 g/mol. The van der Waals surface area contributed by atoms with Crippen molar-refractivity contribution in [1.29, 1.82) is 0 Å². The van der Waals surface area contributed by atoms with Crippen molar-refractivity contribution in [3.8, 4) is 0 Å². The zero-order chi connectivity index (χ0) is 21.9. The van der Waals surface area contributed by atoms with Gasteiger partial charge in [0.15, 0.2) is 0 Å². The number of carbonyl (C=O) groups excluding carboxylic acids is 1. The fourth-order valence-electron chi connectivity index (χ4n) is 3.55. The van der Waals surface area contributed by atoms with Crippen molar-refractivity contribution in [3.05, 3.63) is 11.2 Å². The smallest absolute Gasteiger partial charge is 0.479 e. The molecule has 2 rings (SSSR count). The van der Waals surface area contributed by atoms with Crippen LogP contribution in [0.25, 0.3) is 0 Å². The van der Waals surface area contributed by atoms with Gasteiger partial charge < -0.3 is 19.2 Å². The highest BCUT2D eigenvalue weighted by atomic mass is 16.7. The van der Waals surface area contributed by atoms with Crippen molar-refractivity contribution in [3.63, 3.8) is 0 Å². The second-order valence-electron chi connectivity index (χ2n) is 10.2. The molecule has 0 spiro atoms. The summed E-state index contributed by atoms with van der Waals surface area (Å²) in [5.74, 6) is -1.22. The summed E-state index contributed by atoms with van der Waals surface area (Å²) in [6.07, 6.45) is -0.557. The first-order valence-electron chi connectivity index (χ1n) is 9.78. The molecule has 2 aliphatic rings. The van der Waals surface area contributed by atoms with Crippen LogP contribution < -0.4 is 0 Å². The summed E-state index contributed by atoms with van der Waals surface area (Å²) in [4.78, 5) is 26.5. The Morgan fingerprint density at radius 1 is 1.11 bits per heavy atom. The molecule has 0 bridgehead atoms. The normalized spacial score (nSPS) is 27.0. The Bertz CT molecular complexity index is 690. The van der Waals surface area contributed by atoms with Crippen LogP contribution in [0.5, 0.6) is 0 Å². The minimum absolute atomic E-state index is 0.117. The molecule has 0 radical (unpaired) electrons. The zero-order valence-electron chi connectivity index (χ0n) is 18.8. The molecule has 0 aromatic heterocycles. The first-order chi connectivity index (χ1) is 12.4. The van der Waals surface area contributed by atoms with Crippen molar-refractivity contribution in [1.82, 2.24) is 4.90 Å². The van der Waals surface area contributed by atoms with Crippen molar-refractivity contribution in [2.75, 3.05) is 0 Å². The summed E-state index contributed by atoms with van der Waals surface area (Å²) in [5, 5.41) is 10.00. The molecule has 28 heavy (non-hydrogen) atoms. The van der Waals surface area contributed by atoms with Gasteiger partial charge in [0.1, 0.15) is 11.1 Å². The lowest BCUT2D eigenvalue weighted by molar-refractivity contribution is -0.148. The van der Waals surface area contributed by atoms with Gasteiger partial charge in [-0.25, -0.2) is 9.59 Å². The number of aliphatic carboxylic acids is 1. The molecule has 0 aromatic carbocycles. The third-order valence-electron chi connectivity index (χ3n) is 5.72. The largest absolute Gasteiger partial charge is 0.492 e. The summed E-state index contributed by atoms with van der Waals surface area (Å²) < 4.78 is 17.9. The second kappa shape index (κ2) is 6.77. The van der Waals surface area contributed by atoms with E-state index in [0.29, 0.717) is 11.2 Å². The lowest BCUT2D eigenvalue weighted by atomic mass is 9.72. The maximum absolute atomic E-state index is 13.0. The van der Waals surface area contributed by atoms with Crippen molar-refractivity contribution in [2.45, 2.75) is 98.0 Å². The molecular formula is C20H34BNO6. The topological polar surface area (TPSA) is 85.3 Å². The van der Waals surface area contributed by atoms with Crippen LogP contribution in [0, 0.1) is 5.92 Å². The van der Waals surface area contributed by atoms with Gasteiger partial charge in [0.05, 0.1) is 11.2 Å². The molecule has 0 aliphatic carbocycles. The number of allylic oxidation sites excluding steroid dienone is 1. The molecule has 1 atom stereocenters. The van der Waals surface area contributed by atoms with Gasteiger partial charge in [0, 0.05) is 12.1 Å². The van der Waals surface area contributed by atoms with Crippen molar-refractivity contribution in [2.24, 2.45) is 5.92 Å². The Labute approximate surface area is 168 Å². The molecule has 1 N–H and O–H groups in total. The number of rotatable bonds is 3. The van der Waals surface area contributed by atoms with Gasteiger partial charge in [-0.2, -0.15) is 0 Å². The molecule has 2 aliphatic heterocycles. The maximum atomic E-state index is 13.0. The number of hydrogen-bond donors (Lipinski definition) is 1. The number of amides is 1. The molecule has 7 nitrogen and oxygen atoms in total. The van der Waals surface area contributed by atoms with E-state index in [9.17, 15) is 14.7 Å². The summed E-state index contributed by atoms with van der Waals surface area (Å²) in [5.41, 5.74) is -2.06. The van der Waals surface area contributed by atoms with Crippen LogP contribution in [0.4, 0.5) is 4.79 Å². The van der Waals surface area contributed by atoms with Crippen LogP contribution in [0.1, 0.15) is 75.7 Å². The van der Waals surface area contributed by atoms with Gasteiger partial charge in [-0.05, 0) is 66.8 Å². The van der Waals surface area contributed by atoms with E-state index >= 15 is 0 Å². The molecule has 158 valence electrons. The van der Waals surface area contributed by atoms with E-state index in [4.69, 9.17) is 14.0 Å². The predicted octanol–water partition coefficient (Wildman–Crippen LogP) is 4.01. The number of carboxylic acid groups (broad SMARTS) is 1. The first-order valence-corrected chi connectivity index (χ1v) is 9.78. The minimum Gasteiger partial charge on any atom is -0.479 e. The van der Waals surface area contributed by atoms with E-state index in [-0.39, 0.29) is 12.3 Å². The van der Waals surface area contributed by atoms with E-state index < -0.39 is 41.5 Å². The lowest BCUT2D eigenvalue weighted by Crippen LogP contribution is -2.53. The Hall–Kier alpha value is -1.54. The van der Waals surface area contributed by atoms with Gasteiger partial charge in [-0.3, -0.25) is 4.90 Å². The number of nitrogens with zero attached hydrogens (tertiary/aromatic N) is 1. The molecule has 1 saturated heterocycles. The third-order valence-corrected chi connectivity index (χ3v) is 5.72. The first kappa shape index (κ1) is 22.8. The Kier molecular flexibility index (Phi) is 5.50. The molecule has 1 unspecified atom stereocenters. The van der Waals surface area contributed by atoms with E-state index in [0.717, 1.165) is 0 Å². The number of ether oxygens (including phenoxy) is 1. The Morgan fingerprint density at radius 2 is 1.57 bits per heavy atom. The quantitative estimate of drug-likeness (QED) is 0.727. The third kappa shape index (κ3) is 3.81. The average Bonchev–Trinajstić information content (AvgIpc) is 2.89. The number of carboxylic acids is 1. The Balaban J connectivity index is 2.57. The van der Waals surface area contributed by atoms with Gasteiger partial charge in [0.2, 0.25) is 0 Å².